The summed E-state index contributed by atoms with van der Waals surface area (Å²) in [7, 11) is 0. The predicted octanol–water partition coefficient (Wildman–Crippen LogP) is 8.23. The number of nitrogens with zero attached hydrogens (tertiary/aromatic N) is 1. The number of hydrogen-bond acceptors (Lipinski definition) is 1. The van der Waals surface area contributed by atoms with Crippen molar-refractivity contribution < 1.29 is 0 Å². The van der Waals surface area contributed by atoms with Crippen molar-refractivity contribution in [3.8, 4) is 0 Å². The van der Waals surface area contributed by atoms with E-state index in [0.717, 1.165) is 5.92 Å². The molecule has 0 aliphatic rings. The molecule has 0 fully saturated rings. The van der Waals surface area contributed by atoms with Gasteiger partial charge in [0.1, 0.15) is 0 Å². The van der Waals surface area contributed by atoms with Crippen LogP contribution in [0.4, 0.5) is 0 Å². The summed E-state index contributed by atoms with van der Waals surface area (Å²) in [6.45, 7) is 13.4. The Bertz CT molecular complexity index is 222. The van der Waals surface area contributed by atoms with Gasteiger partial charge in [-0.05, 0) is 38.3 Å². The predicted molar refractivity (Wildman–Crippen MR) is 116 cm³/mol. The minimum absolute atomic E-state index is 0.931. The zero-order valence-electron chi connectivity index (χ0n) is 18.5. The highest BCUT2D eigenvalue weighted by molar-refractivity contribution is 4.66. The molecular formula is C24H51N. The van der Waals surface area contributed by atoms with Crippen molar-refractivity contribution in [3.05, 3.63) is 0 Å². The second-order valence-electron chi connectivity index (χ2n) is 8.25. The normalized spacial score (nSPS) is 12.8. The topological polar surface area (TPSA) is 3.24 Å². The molecule has 1 nitrogen and oxygen atoms in total. The minimum atomic E-state index is 0.931. The van der Waals surface area contributed by atoms with E-state index in [1.807, 2.05) is 0 Å². The molecule has 0 amide bonds. The van der Waals surface area contributed by atoms with Crippen LogP contribution in [0.3, 0.4) is 0 Å². The summed E-state index contributed by atoms with van der Waals surface area (Å²) in [4.78, 5) is 2.82. The van der Waals surface area contributed by atoms with Crippen molar-refractivity contribution in [2.75, 3.05) is 19.6 Å². The molecule has 0 saturated heterocycles. The highest BCUT2D eigenvalue weighted by Gasteiger charge is 2.12. The lowest BCUT2D eigenvalue weighted by atomic mass is 9.98. The van der Waals surface area contributed by atoms with E-state index in [1.165, 1.54) is 122 Å². The fraction of sp³-hybridized carbons (Fsp3) is 1.00. The molecule has 0 spiro atoms. The molecule has 0 bridgehead atoms. The standard InChI is InChI=1S/C24H51N/c1-5-9-12-14-16-18-21-25(22-19-17-15-13-10-6-2)23-24(8-4)20-11-7-3/h24H,5-23H2,1-4H3. The lowest BCUT2D eigenvalue weighted by Crippen LogP contribution is -2.31. The van der Waals surface area contributed by atoms with Crippen LogP contribution >= 0.6 is 0 Å². The summed E-state index contributed by atoms with van der Waals surface area (Å²) < 4.78 is 0. The van der Waals surface area contributed by atoms with E-state index in [-0.39, 0.29) is 0 Å². The van der Waals surface area contributed by atoms with Crippen LogP contribution in [0.1, 0.15) is 130 Å². The molecule has 1 atom stereocenters. The highest BCUT2D eigenvalue weighted by Crippen LogP contribution is 2.16. The first-order valence-corrected chi connectivity index (χ1v) is 12.0. The van der Waals surface area contributed by atoms with E-state index < -0.39 is 0 Å². The summed E-state index contributed by atoms with van der Waals surface area (Å²) >= 11 is 0. The molecule has 0 aliphatic carbocycles. The van der Waals surface area contributed by atoms with E-state index in [4.69, 9.17) is 0 Å². The molecule has 0 aliphatic heterocycles. The third-order valence-corrected chi connectivity index (χ3v) is 5.72. The zero-order valence-corrected chi connectivity index (χ0v) is 18.5. The molecule has 0 aromatic heterocycles. The Morgan fingerprint density at radius 3 is 1.40 bits per heavy atom. The first kappa shape index (κ1) is 25.0. The Balaban J connectivity index is 4.06. The summed E-state index contributed by atoms with van der Waals surface area (Å²) in [6, 6.07) is 0. The third-order valence-electron chi connectivity index (χ3n) is 5.72. The van der Waals surface area contributed by atoms with Gasteiger partial charge in [-0.15, -0.1) is 0 Å². The van der Waals surface area contributed by atoms with E-state index in [2.05, 4.69) is 32.6 Å². The first-order valence-electron chi connectivity index (χ1n) is 12.0. The van der Waals surface area contributed by atoms with Gasteiger partial charge in [-0.3, -0.25) is 0 Å². The monoisotopic (exact) mass is 353 g/mol. The highest BCUT2D eigenvalue weighted by atomic mass is 15.1. The van der Waals surface area contributed by atoms with Crippen molar-refractivity contribution in [1.82, 2.24) is 4.90 Å². The molecule has 0 saturated carbocycles. The summed E-state index contributed by atoms with van der Waals surface area (Å²) in [5.41, 5.74) is 0. The maximum absolute atomic E-state index is 2.82. The Morgan fingerprint density at radius 2 is 0.960 bits per heavy atom. The van der Waals surface area contributed by atoms with E-state index in [0.29, 0.717) is 0 Å². The average Bonchev–Trinajstić information content (AvgIpc) is 2.63. The molecule has 0 N–H and O–H groups in total. The van der Waals surface area contributed by atoms with Crippen LogP contribution in [-0.4, -0.2) is 24.5 Å². The lowest BCUT2D eigenvalue weighted by Gasteiger charge is -2.27. The largest absolute Gasteiger partial charge is 0.303 e. The van der Waals surface area contributed by atoms with Crippen LogP contribution in [0.25, 0.3) is 0 Å². The summed E-state index contributed by atoms with van der Waals surface area (Å²) in [5.74, 6) is 0.931. The maximum Gasteiger partial charge on any atom is 0.000955 e. The molecule has 1 heteroatoms. The van der Waals surface area contributed by atoms with Gasteiger partial charge in [0.15, 0.2) is 0 Å². The van der Waals surface area contributed by atoms with Crippen molar-refractivity contribution in [1.29, 1.82) is 0 Å². The van der Waals surface area contributed by atoms with Crippen molar-refractivity contribution >= 4 is 0 Å². The number of hydrogen-bond donors (Lipinski definition) is 0. The van der Waals surface area contributed by atoms with Crippen LogP contribution in [-0.2, 0) is 0 Å². The second kappa shape index (κ2) is 20.3. The molecule has 0 radical (unpaired) electrons. The Labute approximate surface area is 161 Å². The quantitative estimate of drug-likeness (QED) is 0.199. The average molecular weight is 354 g/mol. The van der Waals surface area contributed by atoms with Gasteiger partial charge < -0.3 is 4.90 Å². The summed E-state index contributed by atoms with van der Waals surface area (Å²) in [6.07, 6.45) is 22.7. The number of rotatable bonds is 20. The minimum Gasteiger partial charge on any atom is -0.303 e. The van der Waals surface area contributed by atoms with Gasteiger partial charge in [-0.25, -0.2) is 0 Å². The van der Waals surface area contributed by atoms with E-state index in [9.17, 15) is 0 Å². The van der Waals surface area contributed by atoms with Gasteiger partial charge in [-0.1, -0.05) is 111 Å². The first-order chi connectivity index (χ1) is 12.3. The summed E-state index contributed by atoms with van der Waals surface area (Å²) in [5, 5.41) is 0. The van der Waals surface area contributed by atoms with Gasteiger partial charge in [0.05, 0.1) is 0 Å². The van der Waals surface area contributed by atoms with Crippen molar-refractivity contribution in [2.45, 2.75) is 130 Å². The Hall–Kier alpha value is -0.0400. The molecule has 0 rings (SSSR count). The lowest BCUT2D eigenvalue weighted by molar-refractivity contribution is 0.210. The molecular weight excluding hydrogens is 302 g/mol. The van der Waals surface area contributed by atoms with Crippen LogP contribution in [0.2, 0.25) is 0 Å². The fourth-order valence-corrected chi connectivity index (χ4v) is 3.81. The van der Waals surface area contributed by atoms with E-state index >= 15 is 0 Å². The van der Waals surface area contributed by atoms with Gasteiger partial charge in [-0.2, -0.15) is 0 Å². The molecule has 0 heterocycles. The van der Waals surface area contributed by atoms with Gasteiger partial charge >= 0.3 is 0 Å². The van der Waals surface area contributed by atoms with Gasteiger partial charge in [0.2, 0.25) is 0 Å². The second-order valence-corrected chi connectivity index (χ2v) is 8.25. The molecule has 0 aromatic carbocycles. The van der Waals surface area contributed by atoms with Crippen molar-refractivity contribution in [2.24, 2.45) is 5.92 Å². The molecule has 0 aromatic rings. The third kappa shape index (κ3) is 17.1. The Kier molecular flexibility index (Phi) is 20.2. The smallest absolute Gasteiger partial charge is 0.000955 e. The fourth-order valence-electron chi connectivity index (χ4n) is 3.81. The molecule has 1 unspecified atom stereocenters. The van der Waals surface area contributed by atoms with Crippen LogP contribution in [0, 0.1) is 5.92 Å². The van der Waals surface area contributed by atoms with Crippen LogP contribution in [0.15, 0.2) is 0 Å². The van der Waals surface area contributed by atoms with E-state index in [1.54, 1.807) is 0 Å². The van der Waals surface area contributed by atoms with Gasteiger partial charge in [0, 0.05) is 6.54 Å². The van der Waals surface area contributed by atoms with Crippen molar-refractivity contribution in [3.63, 3.8) is 0 Å². The van der Waals surface area contributed by atoms with Crippen LogP contribution < -0.4 is 0 Å². The zero-order chi connectivity index (χ0) is 18.6. The van der Waals surface area contributed by atoms with Crippen LogP contribution in [0.5, 0.6) is 0 Å². The Morgan fingerprint density at radius 1 is 0.520 bits per heavy atom. The maximum atomic E-state index is 2.82. The van der Waals surface area contributed by atoms with Gasteiger partial charge in [0.25, 0.3) is 0 Å². The SMILES string of the molecule is CCCCCCCCN(CCCCCCCC)CC(CC)CCCC. The molecule has 25 heavy (non-hydrogen) atoms. The molecule has 152 valence electrons. The number of unbranched alkanes of at least 4 members (excludes halogenated alkanes) is 11.